The topological polar surface area (TPSA) is 99.2 Å². The highest BCUT2D eigenvalue weighted by atomic mass is 19.1. The Morgan fingerprint density at radius 1 is 0.979 bits per heavy atom. The van der Waals surface area contributed by atoms with Crippen molar-refractivity contribution in [2.24, 2.45) is 5.92 Å². The number of likely N-dealkylation sites (tertiary alicyclic amines) is 2. The standard InChI is InChI=1S/C38H36FN3O5/c1-22-10-15-29-30(18-22)40-37(46)38(29)33(28-9-4-6-23(2)34(28)39)32-31(42(38)21-25-7-5-8-27(19-25)47-3)16-17-41(35(32)43)20-24-11-13-26(14-12-24)36(44)45/h4-15,18-19,31-33H,16-17,20-21H2,1-3H3,(H,40,46)(H,44,45)/t31-,32+,33-,38+/m0/s1. The van der Waals surface area contributed by atoms with Crippen LogP contribution in [0.3, 0.4) is 0 Å². The molecule has 0 aliphatic carbocycles. The van der Waals surface area contributed by atoms with Gasteiger partial charge in [0.05, 0.1) is 18.6 Å². The zero-order valence-corrected chi connectivity index (χ0v) is 26.5. The Morgan fingerprint density at radius 3 is 2.49 bits per heavy atom. The third-order valence-electron chi connectivity index (χ3n) is 10.2. The summed E-state index contributed by atoms with van der Waals surface area (Å²) in [5, 5.41) is 12.5. The molecule has 4 aromatic rings. The van der Waals surface area contributed by atoms with E-state index in [9.17, 15) is 19.5 Å². The summed E-state index contributed by atoms with van der Waals surface area (Å²) < 4.78 is 21.9. The van der Waals surface area contributed by atoms with Crippen LogP contribution in [-0.4, -0.2) is 52.4 Å². The van der Waals surface area contributed by atoms with Crippen LogP contribution in [0, 0.1) is 25.6 Å². The third kappa shape index (κ3) is 4.88. The van der Waals surface area contributed by atoms with Gasteiger partial charge in [0.15, 0.2) is 0 Å². The van der Waals surface area contributed by atoms with Crippen molar-refractivity contribution in [1.82, 2.24) is 9.80 Å². The van der Waals surface area contributed by atoms with Crippen LogP contribution in [-0.2, 0) is 28.2 Å². The summed E-state index contributed by atoms with van der Waals surface area (Å²) in [6, 6.07) is 24.9. The molecule has 0 radical (unpaired) electrons. The van der Waals surface area contributed by atoms with E-state index in [4.69, 9.17) is 4.74 Å². The van der Waals surface area contributed by atoms with E-state index >= 15 is 4.39 Å². The Hall–Kier alpha value is -5.02. The number of rotatable bonds is 7. The number of halogens is 1. The van der Waals surface area contributed by atoms with Crippen LogP contribution in [0.2, 0.25) is 0 Å². The molecule has 0 aromatic heterocycles. The molecule has 3 aliphatic rings. The second-order valence-electron chi connectivity index (χ2n) is 12.8. The predicted molar refractivity (Wildman–Crippen MR) is 175 cm³/mol. The van der Waals surface area contributed by atoms with Gasteiger partial charge in [0.2, 0.25) is 11.8 Å². The van der Waals surface area contributed by atoms with Crippen LogP contribution >= 0.6 is 0 Å². The Bertz CT molecular complexity index is 1910. The largest absolute Gasteiger partial charge is 0.497 e. The molecule has 3 heterocycles. The number of carbonyl (C=O) groups is 3. The van der Waals surface area contributed by atoms with Gasteiger partial charge in [-0.1, -0.05) is 54.6 Å². The number of anilines is 1. The maximum atomic E-state index is 16.4. The molecule has 2 saturated heterocycles. The van der Waals surface area contributed by atoms with E-state index in [1.165, 1.54) is 12.1 Å². The van der Waals surface area contributed by atoms with Crippen LogP contribution in [0.1, 0.15) is 56.1 Å². The van der Waals surface area contributed by atoms with Crippen LogP contribution in [0.15, 0.2) is 84.9 Å². The number of benzene rings is 4. The molecular formula is C38H36FN3O5. The van der Waals surface area contributed by atoms with Crippen molar-refractivity contribution in [2.75, 3.05) is 19.0 Å². The van der Waals surface area contributed by atoms with E-state index in [-0.39, 0.29) is 30.0 Å². The van der Waals surface area contributed by atoms with Gasteiger partial charge in [-0.25, -0.2) is 9.18 Å². The third-order valence-corrected chi connectivity index (χ3v) is 10.2. The van der Waals surface area contributed by atoms with E-state index in [0.717, 1.165) is 22.3 Å². The van der Waals surface area contributed by atoms with E-state index in [0.29, 0.717) is 42.1 Å². The van der Waals surface area contributed by atoms with Gasteiger partial charge in [-0.2, -0.15) is 0 Å². The molecule has 7 rings (SSSR count). The molecule has 9 heteroatoms. The quantitative estimate of drug-likeness (QED) is 0.259. The molecule has 8 nitrogen and oxygen atoms in total. The maximum Gasteiger partial charge on any atom is 0.335 e. The molecule has 0 bridgehead atoms. The number of amides is 2. The van der Waals surface area contributed by atoms with Crippen LogP contribution in [0.5, 0.6) is 5.75 Å². The van der Waals surface area contributed by atoms with Gasteiger partial charge in [-0.3, -0.25) is 14.5 Å². The molecule has 2 amide bonds. The summed E-state index contributed by atoms with van der Waals surface area (Å²) in [7, 11) is 1.61. The molecule has 2 fully saturated rings. The number of methoxy groups -OCH3 is 1. The average molecular weight is 634 g/mol. The van der Waals surface area contributed by atoms with Crippen LogP contribution in [0.25, 0.3) is 0 Å². The van der Waals surface area contributed by atoms with Gasteiger partial charge in [0.1, 0.15) is 17.1 Å². The number of hydrogen-bond acceptors (Lipinski definition) is 5. The molecule has 2 N–H and O–H groups in total. The summed E-state index contributed by atoms with van der Waals surface area (Å²) in [5.74, 6) is -2.75. The zero-order valence-electron chi connectivity index (χ0n) is 26.5. The number of carboxylic acid groups (broad SMARTS) is 1. The van der Waals surface area contributed by atoms with Crippen molar-refractivity contribution < 1.29 is 28.6 Å². The monoisotopic (exact) mass is 633 g/mol. The fourth-order valence-corrected chi connectivity index (χ4v) is 8.06. The first-order chi connectivity index (χ1) is 22.6. The number of aromatic carboxylic acids is 1. The molecule has 47 heavy (non-hydrogen) atoms. The number of piperidine rings is 1. The SMILES string of the molecule is COc1cccc(CN2[C@H]3CCN(Cc4ccc(C(=O)O)cc4)C(=O)[C@H]3[C@H](c3cccc(C)c3F)[C@]23C(=O)Nc2cc(C)ccc23)c1. The van der Waals surface area contributed by atoms with Gasteiger partial charge in [0.25, 0.3) is 0 Å². The normalized spacial score (nSPS) is 23.5. The minimum atomic E-state index is -1.37. The molecule has 4 aromatic carbocycles. The summed E-state index contributed by atoms with van der Waals surface area (Å²) in [6.45, 7) is 4.70. The number of nitrogens with zero attached hydrogens (tertiary/aromatic N) is 2. The number of hydrogen-bond donors (Lipinski definition) is 2. The first-order valence-corrected chi connectivity index (χ1v) is 15.8. The van der Waals surface area contributed by atoms with E-state index in [1.807, 2.05) is 49.4 Å². The highest BCUT2D eigenvalue weighted by Gasteiger charge is 2.69. The summed E-state index contributed by atoms with van der Waals surface area (Å²) >= 11 is 0. The summed E-state index contributed by atoms with van der Waals surface area (Å²) in [6.07, 6.45) is 0.563. The Kier molecular flexibility index (Phi) is 7.59. The van der Waals surface area contributed by atoms with Crippen molar-refractivity contribution in [3.63, 3.8) is 0 Å². The highest BCUT2D eigenvalue weighted by Crippen LogP contribution is 2.61. The lowest BCUT2D eigenvalue weighted by Gasteiger charge is -2.40. The Balaban J connectivity index is 1.40. The van der Waals surface area contributed by atoms with Crippen LogP contribution < -0.4 is 10.1 Å². The number of ether oxygens (including phenoxy) is 1. The first-order valence-electron chi connectivity index (χ1n) is 15.8. The van der Waals surface area contributed by atoms with E-state index < -0.39 is 29.2 Å². The van der Waals surface area contributed by atoms with Crippen molar-refractivity contribution in [2.45, 2.75) is 50.9 Å². The highest BCUT2D eigenvalue weighted by molar-refractivity contribution is 6.08. The second-order valence-corrected chi connectivity index (χ2v) is 12.8. The minimum absolute atomic E-state index is 0.157. The van der Waals surface area contributed by atoms with Gasteiger partial charge in [-0.05, 0) is 78.4 Å². The van der Waals surface area contributed by atoms with Gasteiger partial charge in [0, 0.05) is 42.8 Å². The average Bonchev–Trinajstić information content (AvgIpc) is 3.51. The summed E-state index contributed by atoms with van der Waals surface area (Å²) in [4.78, 5) is 44.8. The number of carboxylic acids is 1. The van der Waals surface area contributed by atoms with Crippen LogP contribution in [0.4, 0.5) is 10.1 Å². The maximum absolute atomic E-state index is 16.4. The van der Waals surface area contributed by atoms with E-state index in [1.54, 1.807) is 49.3 Å². The fraction of sp³-hybridized carbons (Fsp3) is 0.289. The first kappa shape index (κ1) is 30.6. The van der Waals surface area contributed by atoms with Crippen molar-refractivity contribution >= 4 is 23.5 Å². The van der Waals surface area contributed by atoms with Gasteiger partial charge >= 0.3 is 5.97 Å². The summed E-state index contributed by atoms with van der Waals surface area (Å²) in [5.41, 5.74) is 3.68. The fourth-order valence-electron chi connectivity index (χ4n) is 8.06. The molecular weight excluding hydrogens is 597 g/mol. The molecule has 240 valence electrons. The number of fused-ring (bicyclic) bond motifs is 3. The number of nitrogens with one attached hydrogen (secondary N) is 1. The smallest absolute Gasteiger partial charge is 0.335 e. The molecule has 3 aliphatic heterocycles. The Morgan fingerprint density at radius 2 is 1.74 bits per heavy atom. The van der Waals surface area contributed by atoms with Gasteiger partial charge in [-0.15, -0.1) is 0 Å². The number of aryl methyl sites for hydroxylation is 2. The van der Waals surface area contributed by atoms with Crippen molar-refractivity contribution in [3.8, 4) is 5.75 Å². The van der Waals surface area contributed by atoms with Gasteiger partial charge < -0.3 is 20.1 Å². The molecule has 0 saturated carbocycles. The molecule has 0 unspecified atom stereocenters. The minimum Gasteiger partial charge on any atom is -0.497 e. The van der Waals surface area contributed by atoms with E-state index in [2.05, 4.69) is 10.2 Å². The molecule has 1 spiro atoms. The zero-order chi connectivity index (χ0) is 33.0. The lowest BCUT2D eigenvalue weighted by atomic mass is 9.69. The molecule has 4 atom stereocenters. The lowest BCUT2D eigenvalue weighted by molar-refractivity contribution is -0.141. The number of carbonyl (C=O) groups excluding carboxylic acids is 2. The second kappa shape index (κ2) is 11.7. The Labute approximate surface area is 272 Å². The van der Waals surface area contributed by atoms with Crippen molar-refractivity contribution in [1.29, 1.82) is 0 Å². The van der Waals surface area contributed by atoms with Crippen molar-refractivity contribution in [3.05, 3.63) is 130 Å². The predicted octanol–water partition coefficient (Wildman–Crippen LogP) is 6.01. The lowest BCUT2D eigenvalue weighted by Crippen LogP contribution is -2.52.